The zero-order chi connectivity index (χ0) is 16.1. The fourth-order valence-electron chi connectivity index (χ4n) is 3.21. The summed E-state index contributed by atoms with van der Waals surface area (Å²) in [5.41, 5.74) is -0.0742. The van der Waals surface area contributed by atoms with Gasteiger partial charge in [0.25, 0.3) is 0 Å². The van der Waals surface area contributed by atoms with Crippen LogP contribution in [0.5, 0.6) is 5.75 Å². The SMILES string of the molecule is C[C@H]1C[C@H](C)CN(C[C@H](O)COc2ccccc2[N+](=O)[O-])C1. The van der Waals surface area contributed by atoms with E-state index in [1.54, 1.807) is 18.2 Å². The van der Waals surface area contributed by atoms with Crippen LogP contribution in [0.1, 0.15) is 20.3 Å². The second-order valence-corrected chi connectivity index (χ2v) is 6.35. The molecule has 0 bridgehead atoms. The van der Waals surface area contributed by atoms with Gasteiger partial charge in [-0.3, -0.25) is 10.1 Å². The summed E-state index contributed by atoms with van der Waals surface area (Å²) in [4.78, 5) is 12.7. The molecule has 122 valence electrons. The number of β-amino-alcohol motifs (C(OH)–C–C–N with tert-alkyl or cyclic N) is 1. The average Bonchev–Trinajstić information content (AvgIpc) is 2.44. The summed E-state index contributed by atoms with van der Waals surface area (Å²) in [5.74, 6) is 1.46. The van der Waals surface area contributed by atoms with Crippen LogP contribution in [0.3, 0.4) is 0 Å². The molecule has 1 aliphatic rings. The van der Waals surface area contributed by atoms with Gasteiger partial charge in [-0.15, -0.1) is 0 Å². The highest BCUT2D eigenvalue weighted by Gasteiger charge is 2.24. The predicted molar refractivity (Wildman–Crippen MR) is 84.0 cm³/mol. The molecule has 1 fully saturated rings. The maximum atomic E-state index is 10.9. The molecule has 0 radical (unpaired) electrons. The minimum atomic E-state index is -0.655. The molecule has 0 spiro atoms. The van der Waals surface area contributed by atoms with Crippen LogP contribution in [0, 0.1) is 22.0 Å². The molecular weight excluding hydrogens is 284 g/mol. The van der Waals surface area contributed by atoms with Crippen LogP contribution in [-0.4, -0.2) is 47.3 Å². The zero-order valence-corrected chi connectivity index (χ0v) is 13.1. The van der Waals surface area contributed by atoms with Crippen LogP contribution in [0.15, 0.2) is 24.3 Å². The number of nitro benzene ring substituents is 1. The Kier molecular flexibility index (Phi) is 5.74. The van der Waals surface area contributed by atoms with Crippen LogP contribution in [0.25, 0.3) is 0 Å². The van der Waals surface area contributed by atoms with Crippen molar-refractivity contribution in [1.82, 2.24) is 4.90 Å². The van der Waals surface area contributed by atoms with Crippen molar-refractivity contribution in [2.24, 2.45) is 11.8 Å². The maximum absolute atomic E-state index is 10.9. The highest BCUT2D eigenvalue weighted by molar-refractivity contribution is 5.45. The maximum Gasteiger partial charge on any atom is 0.310 e. The molecule has 1 heterocycles. The van der Waals surface area contributed by atoms with Gasteiger partial charge in [0.15, 0.2) is 5.75 Å². The van der Waals surface area contributed by atoms with Crippen LogP contribution >= 0.6 is 0 Å². The highest BCUT2D eigenvalue weighted by Crippen LogP contribution is 2.26. The van der Waals surface area contributed by atoms with Crippen LogP contribution < -0.4 is 4.74 Å². The van der Waals surface area contributed by atoms with Gasteiger partial charge in [-0.2, -0.15) is 0 Å². The third-order valence-electron chi connectivity index (χ3n) is 3.91. The van der Waals surface area contributed by atoms with Crippen molar-refractivity contribution < 1.29 is 14.8 Å². The smallest absolute Gasteiger partial charge is 0.310 e. The number of ether oxygens (including phenoxy) is 1. The Morgan fingerprint density at radius 3 is 2.64 bits per heavy atom. The number of piperidine rings is 1. The van der Waals surface area contributed by atoms with Crippen molar-refractivity contribution in [3.8, 4) is 5.75 Å². The van der Waals surface area contributed by atoms with Gasteiger partial charge in [0, 0.05) is 25.7 Å². The van der Waals surface area contributed by atoms with Crippen molar-refractivity contribution in [2.75, 3.05) is 26.2 Å². The van der Waals surface area contributed by atoms with E-state index < -0.39 is 11.0 Å². The Balaban J connectivity index is 1.85. The normalized spacial score (nSPS) is 24.0. The molecule has 0 aromatic heterocycles. The number of para-hydroxylation sites is 2. The highest BCUT2D eigenvalue weighted by atomic mass is 16.6. The number of benzene rings is 1. The second kappa shape index (κ2) is 7.56. The Labute approximate surface area is 130 Å². The van der Waals surface area contributed by atoms with Crippen LogP contribution in [-0.2, 0) is 0 Å². The van der Waals surface area contributed by atoms with Gasteiger partial charge < -0.3 is 14.7 Å². The number of likely N-dealkylation sites (tertiary alicyclic amines) is 1. The molecule has 1 N–H and O–H groups in total. The summed E-state index contributed by atoms with van der Waals surface area (Å²) >= 11 is 0. The largest absolute Gasteiger partial charge is 0.484 e. The Hall–Kier alpha value is -1.66. The van der Waals surface area contributed by atoms with Gasteiger partial charge in [0.1, 0.15) is 12.7 Å². The van der Waals surface area contributed by atoms with Gasteiger partial charge in [-0.1, -0.05) is 26.0 Å². The number of rotatable bonds is 6. The number of hydrogen-bond donors (Lipinski definition) is 1. The van der Waals surface area contributed by atoms with E-state index in [0.717, 1.165) is 13.1 Å². The van der Waals surface area contributed by atoms with Crippen molar-refractivity contribution in [2.45, 2.75) is 26.4 Å². The summed E-state index contributed by atoms with van der Waals surface area (Å²) in [5, 5.41) is 21.0. The third kappa shape index (κ3) is 4.68. The Morgan fingerprint density at radius 2 is 2.00 bits per heavy atom. The van der Waals surface area contributed by atoms with E-state index >= 15 is 0 Å². The van der Waals surface area contributed by atoms with Gasteiger partial charge in [0.2, 0.25) is 0 Å². The summed E-state index contributed by atoms with van der Waals surface area (Å²) in [6.07, 6.45) is 0.566. The van der Waals surface area contributed by atoms with Crippen molar-refractivity contribution in [1.29, 1.82) is 0 Å². The van der Waals surface area contributed by atoms with Gasteiger partial charge in [-0.05, 0) is 24.3 Å². The van der Waals surface area contributed by atoms with Crippen LogP contribution in [0.2, 0.25) is 0 Å². The number of nitro groups is 1. The Morgan fingerprint density at radius 1 is 1.36 bits per heavy atom. The minimum absolute atomic E-state index is 0.0596. The lowest BCUT2D eigenvalue weighted by atomic mass is 9.92. The summed E-state index contributed by atoms with van der Waals surface area (Å²) in [6.45, 7) is 7.00. The second-order valence-electron chi connectivity index (χ2n) is 6.35. The van der Waals surface area contributed by atoms with E-state index in [2.05, 4.69) is 18.7 Å². The molecule has 0 saturated carbocycles. The fourth-order valence-corrected chi connectivity index (χ4v) is 3.21. The average molecular weight is 308 g/mol. The van der Waals surface area contributed by atoms with E-state index in [1.807, 2.05) is 0 Å². The molecule has 1 aromatic rings. The standard InChI is InChI=1S/C16H24N2O4/c1-12-7-13(2)9-17(8-12)10-14(19)11-22-16-6-4-3-5-15(16)18(20)21/h3-6,12-14,19H,7-11H2,1-2H3/t12-,13-,14-/m0/s1. The first-order valence-electron chi connectivity index (χ1n) is 7.72. The van der Waals surface area contributed by atoms with Gasteiger partial charge in [-0.25, -0.2) is 0 Å². The van der Waals surface area contributed by atoms with E-state index in [-0.39, 0.29) is 18.0 Å². The molecule has 1 aliphatic heterocycles. The van der Waals surface area contributed by atoms with E-state index in [0.29, 0.717) is 18.4 Å². The quantitative estimate of drug-likeness (QED) is 0.644. The summed E-state index contributed by atoms with van der Waals surface area (Å²) in [6, 6.07) is 6.23. The van der Waals surface area contributed by atoms with Crippen molar-refractivity contribution >= 4 is 5.69 Å². The predicted octanol–water partition coefficient (Wildman–Crippen LogP) is 2.31. The molecule has 22 heavy (non-hydrogen) atoms. The molecule has 0 aliphatic carbocycles. The number of aliphatic hydroxyl groups is 1. The molecule has 1 aromatic carbocycles. The Bertz CT molecular complexity index is 499. The zero-order valence-electron chi connectivity index (χ0n) is 13.1. The monoisotopic (exact) mass is 308 g/mol. The minimum Gasteiger partial charge on any atom is -0.484 e. The third-order valence-corrected chi connectivity index (χ3v) is 3.91. The number of nitrogens with zero attached hydrogens (tertiary/aromatic N) is 2. The molecule has 2 rings (SSSR count). The van der Waals surface area contributed by atoms with Crippen molar-refractivity contribution in [3.63, 3.8) is 0 Å². The van der Waals surface area contributed by atoms with E-state index in [9.17, 15) is 15.2 Å². The molecule has 6 nitrogen and oxygen atoms in total. The first-order chi connectivity index (χ1) is 10.5. The topological polar surface area (TPSA) is 75.8 Å². The van der Waals surface area contributed by atoms with Gasteiger partial charge in [0.05, 0.1) is 4.92 Å². The number of hydrogen-bond acceptors (Lipinski definition) is 5. The number of aliphatic hydroxyl groups excluding tert-OH is 1. The molecule has 3 atom stereocenters. The first kappa shape index (κ1) is 16.7. The van der Waals surface area contributed by atoms with Crippen LogP contribution in [0.4, 0.5) is 5.69 Å². The lowest BCUT2D eigenvalue weighted by molar-refractivity contribution is -0.385. The molecule has 6 heteroatoms. The van der Waals surface area contributed by atoms with Crippen molar-refractivity contribution in [3.05, 3.63) is 34.4 Å². The van der Waals surface area contributed by atoms with Gasteiger partial charge >= 0.3 is 5.69 Å². The molecule has 0 amide bonds. The lowest BCUT2D eigenvalue weighted by Gasteiger charge is -2.35. The summed E-state index contributed by atoms with van der Waals surface area (Å²) in [7, 11) is 0. The first-order valence-corrected chi connectivity index (χ1v) is 7.72. The molecule has 1 saturated heterocycles. The molecular formula is C16H24N2O4. The lowest BCUT2D eigenvalue weighted by Crippen LogP contribution is -2.44. The van der Waals surface area contributed by atoms with E-state index in [4.69, 9.17) is 4.74 Å². The fraction of sp³-hybridized carbons (Fsp3) is 0.625. The molecule has 0 unspecified atom stereocenters. The van der Waals surface area contributed by atoms with E-state index in [1.165, 1.54) is 12.5 Å². The summed E-state index contributed by atoms with van der Waals surface area (Å²) < 4.78 is 5.44.